The van der Waals surface area contributed by atoms with Crippen LogP contribution in [0.1, 0.15) is 0 Å². The quantitative estimate of drug-likeness (QED) is 0.785. The highest BCUT2D eigenvalue weighted by molar-refractivity contribution is 7.89. The summed E-state index contributed by atoms with van der Waals surface area (Å²) >= 11 is 0. The van der Waals surface area contributed by atoms with Gasteiger partial charge in [0.15, 0.2) is 11.6 Å². The average Bonchev–Trinajstić information content (AvgIpc) is 2.17. The summed E-state index contributed by atoms with van der Waals surface area (Å²) in [6.45, 7) is 0. The Labute approximate surface area is 88.3 Å². The highest BCUT2D eigenvalue weighted by Gasteiger charge is 2.23. The van der Waals surface area contributed by atoms with Crippen LogP contribution < -0.4 is 4.74 Å². The number of nitrogens with zero attached hydrogens (tertiary/aromatic N) is 1. The third kappa shape index (κ3) is 2.10. The van der Waals surface area contributed by atoms with E-state index in [-0.39, 0.29) is 10.6 Å². The molecule has 0 heterocycles. The van der Waals surface area contributed by atoms with Gasteiger partial charge in [-0.05, 0) is 12.1 Å². The van der Waals surface area contributed by atoms with Crippen LogP contribution in [-0.4, -0.2) is 33.9 Å². The third-order valence-corrected chi connectivity index (χ3v) is 3.74. The van der Waals surface area contributed by atoms with E-state index in [1.165, 1.54) is 39.4 Å². The first kappa shape index (κ1) is 11.9. The largest absolute Gasteiger partial charge is 0.494 e. The Bertz CT molecular complexity index is 456. The van der Waals surface area contributed by atoms with Crippen molar-refractivity contribution in [3.05, 3.63) is 24.0 Å². The second-order valence-electron chi connectivity index (χ2n) is 3.06. The van der Waals surface area contributed by atoms with Crippen molar-refractivity contribution in [1.29, 1.82) is 0 Å². The Morgan fingerprint density at radius 1 is 1.33 bits per heavy atom. The van der Waals surface area contributed by atoms with Crippen LogP contribution in [0.5, 0.6) is 5.75 Å². The second kappa shape index (κ2) is 4.16. The number of hydrogen-bond donors (Lipinski definition) is 0. The first-order valence-electron chi connectivity index (χ1n) is 4.16. The molecule has 1 aromatic rings. The van der Waals surface area contributed by atoms with E-state index >= 15 is 0 Å². The SMILES string of the molecule is COc1cccc(S(=O)(=O)N(C)C)c1F. The first-order chi connectivity index (χ1) is 6.91. The highest BCUT2D eigenvalue weighted by Crippen LogP contribution is 2.24. The number of benzene rings is 1. The van der Waals surface area contributed by atoms with E-state index in [1.54, 1.807) is 0 Å². The molecule has 0 aliphatic heterocycles. The number of sulfonamides is 1. The normalized spacial score (nSPS) is 11.8. The number of methoxy groups -OCH3 is 1. The first-order valence-corrected chi connectivity index (χ1v) is 5.60. The summed E-state index contributed by atoms with van der Waals surface area (Å²) in [4.78, 5) is -0.383. The molecule has 0 aromatic heterocycles. The van der Waals surface area contributed by atoms with Gasteiger partial charge in [-0.2, -0.15) is 0 Å². The molecule has 0 unspecified atom stereocenters. The van der Waals surface area contributed by atoms with Crippen molar-refractivity contribution in [2.24, 2.45) is 0 Å². The fourth-order valence-corrected chi connectivity index (χ4v) is 2.02. The van der Waals surface area contributed by atoms with Gasteiger partial charge in [0, 0.05) is 14.1 Å². The monoisotopic (exact) mass is 233 g/mol. The molecule has 6 heteroatoms. The summed E-state index contributed by atoms with van der Waals surface area (Å²) in [7, 11) is 0.203. The van der Waals surface area contributed by atoms with Crippen LogP contribution >= 0.6 is 0 Å². The topological polar surface area (TPSA) is 46.6 Å². The molecule has 0 N–H and O–H groups in total. The molecule has 0 aliphatic rings. The summed E-state index contributed by atoms with van der Waals surface area (Å²) in [5.74, 6) is -0.952. The molecule has 0 saturated heterocycles. The molecular weight excluding hydrogens is 221 g/mol. The zero-order valence-corrected chi connectivity index (χ0v) is 9.51. The molecule has 84 valence electrons. The van der Waals surface area contributed by atoms with Gasteiger partial charge < -0.3 is 4.74 Å². The minimum Gasteiger partial charge on any atom is -0.494 e. The molecule has 0 spiro atoms. The standard InChI is InChI=1S/C9H12FNO3S/c1-11(2)15(12,13)8-6-4-5-7(14-3)9(8)10/h4-6H,1-3H3. The Balaban J connectivity index is 3.40. The Morgan fingerprint density at radius 2 is 1.93 bits per heavy atom. The summed E-state index contributed by atoms with van der Waals surface area (Å²) in [6, 6.07) is 4.00. The van der Waals surface area contributed by atoms with Gasteiger partial charge in [0.05, 0.1) is 7.11 Å². The van der Waals surface area contributed by atoms with E-state index in [9.17, 15) is 12.8 Å². The van der Waals surface area contributed by atoms with Gasteiger partial charge in [0.25, 0.3) is 0 Å². The predicted octanol–water partition coefficient (Wildman–Crippen LogP) is 1.08. The van der Waals surface area contributed by atoms with Gasteiger partial charge in [-0.25, -0.2) is 17.1 Å². The molecule has 1 rings (SSSR count). The van der Waals surface area contributed by atoms with Crippen LogP contribution in [0.4, 0.5) is 4.39 Å². The zero-order chi connectivity index (χ0) is 11.6. The molecule has 4 nitrogen and oxygen atoms in total. The van der Waals surface area contributed by atoms with Crippen molar-refractivity contribution in [2.45, 2.75) is 4.90 Å². The van der Waals surface area contributed by atoms with E-state index in [0.29, 0.717) is 0 Å². The fourth-order valence-electron chi connectivity index (χ4n) is 1.04. The van der Waals surface area contributed by atoms with E-state index < -0.39 is 15.8 Å². The maximum absolute atomic E-state index is 13.6. The van der Waals surface area contributed by atoms with Crippen LogP contribution in [0.25, 0.3) is 0 Å². The van der Waals surface area contributed by atoms with Crippen molar-refractivity contribution < 1.29 is 17.5 Å². The van der Waals surface area contributed by atoms with Crippen LogP contribution in [0.2, 0.25) is 0 Å². The molecule has 0 amide bonds. The zero-order valence-electron chi connectivity index (χ0n) is 8.69. The van der Waals surface area contributed by atoms with Gasteiger partial charge >= 0.3 is 0 Å². The number of halogens is 1. The van der Waals surface area contributed by atoms with E-state index in [2.05, 4.69) is 0 Å². The lowest BCUT2D eigenvalue weighted by atomic mass is 10.3. The van der Waals surface area contributed by atoms with Crippen molar-refractivity contribution in [1.82, 2.24) is 4.31 Å². The van der Waals surface area contributed by atoms with Gasteiger partial charge in [0.2, 0.25) is 10.0 Å². The second-order valence-corrected chi connectivity index (χ2v) is 5.18. The van der Waals surface area contributed by atoms with Crippen LogP contribution in [0.15, 0.2) is 23.1 Å². The number of ether oxygens (including phenoxy) is 1. The minimum absolute atomic E-state index is 0.0853. The Morgan fingerprint density at radius 3 is 2.40 bits per heavy atom. The molecule has 0 aliphatic carbocycles. The summed E-state index contributed by atoms with van der Waals surface area (Å²) in [5.41, 5.74) is 0. The molecular formula is C9H12FNO3S. The van der Waals surface area contributed by atoms with Crippen LogP contribution in [-0.2, 0) is 10.0 Å². The average molecular weight is 233 g/mol. The Kier molecular flexibility index (Phi) is 3.31. The van der Waals surface area contributed by atoms with Gasteiger partial charge in [-0.1, -0.05) is 6.07 Å². The summed E-state index contributed by atoms with van der Waals surface area (Å²) < 4.78 is 42.6. The van der Waals surface area contributed by atoms with Gasteiger partial charge in [-0.15, -0.1) is 0 Å². The molecule has 0 saturated carbocycles. The lowest BCUT2D eigenvalue weighted by Gasteiger charge is -2.13. The molecule has 1 aromatic carbocycles. The van der Waals surface area contributed by atoms with Crippen molar-refractivity contribution in [2.75, 3.05) is 21.2 Å². The van der Waals surface area contributed by atoms with Gasteiger partial charge in [0.1, 0.15) is 4.90 Å². The molecule has 0 fully saturated rings. The predicted molar refractivity (Wildman–Crippen MR) is 53.8 cm³/mol. The van der Waals surface area contributed by atoms with E-state index in [1.807, 2.05) is 0 Å². The third-order valence-electron chi connectivity index (χ3n) is 1.91. The fraction of sp³-hybridized carbons (Fsp3) is 0.333. The lowest BCUT2D eigenvalue weighted by molar-refractivity contribution is 0.379. The number of rotatable bonds is 3. The maximum atomic E-state index is 13.6. The molecule has 15 heavy (non-hydrogen) atoms. The highest BCUT2D eigenvalue weighted by atomic mass is 32.2. The van der Waals surface area contributed by atoms with Crippen molar-refractivity contribution in [3.63, 3.8) is 0 Å². The van der Waals surface area contributed by atoms with Gasteiger partial charge in [-0.3, -0.25) is 0 Å². The summed E-state index contributed by atoms with van der Waals surface area (Å²) in [6.07, 6.45) is 0. The smallest absolute Gasteiger partial charge is 0.245 e. The summed E-state index contributed by atoms with van der Waals surface area (Å²) in [5, 5.41) is 0. The van der Waals surface area contributed by atoms with E-state index in [4.69, 9.17) is 4.74 Å². The van der Waals surface area contributed by atoms with Crippen LogP contribution in [0.3, 0.4) is 0 Å². The molecule has 0 bridgehead atoms. The molecule has 0 atom stereocenters. The van der Waals surface area contributed by atoms with Crippen molar-refractivity contribution in [3.8, 4) is 5.75 Å². The lowest BCUT2D eigenvalue weighted by Crippen LogP contribution is -2.23. The van der Waals surface area contributed by atoms with Crippen molar-refractivity contribution >= 4 is 10.0 Å². The maximum Gasteiger partial charge on any atom is 0.245 e. The Hall–Kier alpha value is -1.14. The minimum atomic E-state index is -3.76. The van der Waals surface area contributed by atoms with E-state index in [0.717, 1.165) is 4.31 Å². The number of hydrogen-bond acceptors (Lipinski definition) is 3. The molecule has 0 radical (unpaired) electrons. The van der Waals surface area contributed by atoms with Crippen LogP contribution in [0, 0.1) is 5.82 Å².